The Hall–Kier alpha value is -2.14. The monoisotopic (exact) mass is 344 g/mol. The molecule has 0 amide bonds. The SMILES string of the molecule is C=C1CC(OCc2ccc(OC)cc2)[C@@H](C)[C@@H]1C1OC(=O)C[C@@H]1C=O. The average molecular weight is 344 g/mol. The number of benzene rings is 1. The Balaban J connectivity index is 1.63. The molecular formula is C20H24O5. The normalized spacial score (nSPS) is 31.8. The molecule has 1 saturated heterocycles. The van der Waals surface area contributed by atoms with Crippen molar-refractivity contribution in [3.63, 3.8) is 0 Å². The van der Waals surface area contributed by atoms with Crippen LogP contribution in [0.25, 0.3) is 0 Å². The fourth-order valence-electron chi connectivity index (χ4n) is 3.91. The number of rotatable bonds is 6. The first kappa shape index (κ1) is 17.7. The molecule has 1 saturated carbocycles. The summed E-state index contributed by atoms with van der Waals surface area (Å²) in [5, 5.41) is 0. The fourth-order valence-corrected chi connectivity index (χ4v) is 3.91. The molecule has 25 heavy (non-hydrogen) atoms. The largest absolute Gasteiger partial charge is 0.497 e. The smallest absolute Gasteiger partial charge is 0.306 e. The zero-order valence-corrected chi connectivity index (χ0v) is 14.6. The van der Waals surface area contributed by atoms with Gasteiger partial charge in [0.05, 0.1) is 32.2 Å². The van der Waals surface area contributed by atoms with Gasteiger partial charge in [-0.05, 0) is 30.0 Å². The molecule has 3 rings (SSSR count). The summed E-state index contributed by atoms with van der Waals surface area (Å²) in [5.74, 6) is 0.253. The zero-order chi connectivity index (χ0) is 18.0. The highest BCUT2D eigenvalue weighted by atomic mass is 16.6. The molecule has 5 heteroatoms. The molecule has 0 spiro atoms. The van der Waals surface area contributed by atoms with Crippen LogP contribution < -0.4 is 4.74 Å². The van der Waals surface area contributed by atoms with Gasteiger partial charge in [0, 0.05) is 5.92 Å². The van der Waals surface area contributed by atoms with Crippen LogP contribution >= 0.6 is 0 Å². The van der Waals surface area contributed by atoms with Gasteiger partial charge in [0.15, 0.2) is 0 Å². The van der Waals surface area contributed by atoms with Crippen molar-refractivity contribution in [1.82, 2.24) is 0 Å². The van der Waals surface area contributed by atoms with Crippen molar-refractivity contribution in [1.29, 1.82) is 0 Å². The second-order valence-electron chi connectivity index (χ2n) is 6.90. The van der Waals surface area contributed by atoms with Gasteiger partial charge in [0.2, 0.25) is 0 Å². The number of ether oxygens (including phenoxy) is 3. The van der Waals surface area contributed by atoms with E-state index in [4.69, 9.17) is 14.2 Å². The summed E-state index contributed by atoms with van der Waals surface area (Å²) in [7, 11) is 1.64. The van der Waals surface area contributed by atoms with Crippen LogP contribution in [0.4, 0.5) is 0 Å². The quantitative estimate of drug-likeness (QED) is 0.451. The summed E-state index contributed by atoms with van der Waals surface area (Å²) in [5.41, 5.74) is 2.07. The summed E-state index contributed by atoms with van der Waals surface area (Å²) >= 11 is 0. The number of carbonyl (C=O) groups is 2. The minimum absolute atomic E-state index is 0.00575. The molecule has 1 heterocycles. The first-order chi connectivity index (χ1) is 12.0. The highest BCUT2D eigenvalue weighted by Gasteiger charge is 2.48. The lowest BCUT2D eigenvalue weighted by Gasteiger charge is -2.27. The Kier molecular flexibility index (Phi) is 5.23. The van der Waals surface area contributed by atoms with E-state index >= 15 is 0 Å². The standard InChI is InChI=1S/C20H24O5/c1-12-8-17(24-11-14-4-6-16(23-3)7-5-14)13(2)19(12)20-15(10-21)9-18(22)25-20/h4-7,10,13,15,17,19-20H,1,8-9,11H2,2-3H3/t13-,15-,17?,19-,20?/m1/s1. The van der Waals surface area contributed by atoms with Gasteiger partial charge in [0.1, 0.15) is 18.1 Å². The molecule has 0 N–H and O–H groups in total. The van der Waals surface area contributed by atoms with Crippen LogP contribution in [0, 0.1) is 17.8 Å². The molecule has 2 fully saturated rings. The van der Waals surface area contributed by atoms with E-state index in [1.54, 1.807) is 7.11 Å². The molecule has 2 unspecified atom stereocenters. The van der Waals surface area contributed by atoms with Crippen LogP contribution in [0.5, 0.6) is 5.75 Å². The van der Waals surface area contributed by atoms with Crippen LogP contribution in [0.2, 0.25) is 0 Å². The van der Waals surface area contributed by atoms with Crippen molar-refractivity contribution in [2.45, 2.75) is 38.6 Å². The maximum Gasteiger partial charge on any atom is 0.306 e. The van der Waals surface area contributed by atoms with E-state index in [1.807, 2.05) is 24.3 Å². The third-order valence-corrected chi connectivity index (χ3v) is 5.33. The minimum atomic E-state index is -0.401. The van der Waals surface area contributed by atoms with Gasteiger partial charge in [0.25, 0.3) is 0 Å². The summed E-state index contributed by atoms with van der Waals surface area (Å²) in [6.45, 7) is 6.73. The van der Waals surface area contributed by atoms with Crippen molar-refractivity contribution < 1.29 is 23.8 Å². The molecule has 1 aliphatic carbocycles. The molecule has 134 valence electrons. The van der Waals surface area contributed by atoms with Gasteiger partial charge in [-0.1, -0.05) is 31.2 Å². The number of hydrogen-bond donors (Lipinski definition) is 0. The summed E-state index contributed by atoms with van der Waals surface area (Å²) < 4.78 is 16.7. The van der Waals surface area contributed by atoms with Gasteiger partial charge in [-0.25, -0.2) is 0 Å². The number of cyclic esters (lactones) is 1. The van der Waals surface area contributed by atoms with Crippen molar-refractivity contribution in [3.8, 4) is 5.75 Å². The highest BCUT2D eigenvalue weighted by molar-refractivity contribution is 5.77. The van der Waals surface area contributed by atoms with E-state index in [1.165, 1.54) is 0 Å². The molecule has 0 radical (unpaired) electrons. The molecular weight excluding hydrogens is 320 g/mol. The van der Waals surface area contributed by atoms with Crippen LogP contribution in [-0.4, -0.2) is 31.6 Å². The van der Waals surface area contributed by atoms with E-state index in [9.17, 15) is 9.59 Å². The maximum absolute atomic E-state index is 11.6. The van der Waals surface area contributed by atoms with E-state index < -0.39 is 6.10 Å². The number of hydrogen-bond acceptors (Lipinski definition) is 5. The Morgan fingerprint density at radius 1 is 1.28 bits per heavy atom. The van der Waals surface area contributed by atoms with Crippen LogP contribution in [-0.2, 0) is 25.7 Å². The maximum atomic E-state index is 11.6. The second kappa shape index (κ2) is 7.40. The second-order valence-corrected chi connectivity index (χ2v) is 6.90. The van der Waals surface area contributed by atoms with E-state index in [-0.39, 0.29) is 36.2 Å². The Bertz CT molecular complexity index is 651. The number of aldehydes is 1. The molecule has 2 aliphatic rings. The third-order valence-electron chi connectivity index (χ3n) is 5.33. The van der Waals surface area contributed by atoms with Crippen LogP contribution in [0.15, 0.2) is 36.4 Å². The van der Waals surface area contributed by atoms with Gasteiger partial charge in [-0.3, -0.25) is 4.79 Å². The van der Waals surface area contributed by atoms with Gasteiger partial charge < -0.3 is 19.0 Å². The van der Waals surface area contributed by atoms with Crippen LogP contribution in [0.1, 0.15) is 25.3 Å². The lowest BCUT2D eigenvalue weighted by atomic mass is 9.83. The topological polar surface area (TPSA) is 61.8 Å². The Labute approximate surface area is 148 Å². The van der Waals surface area contributed by atoms with Crippen LogP contribution in [0.3, 0.4) is 0 Å². The zero-order valence-electron chi connectivity index (χ0n) is 14.6. The summed E-state index contributed by atoms with van der Waals surface area (Å²) in [6.07, 6.45) is 1.33. The third kappa shape index (κ3) is 3.61. The minimum Gasteiger partial charge on any atom is -0.497 e. The van der Waals surface area contributed by atoms with Crippen molar-refractivity contribution >= 4 is 12.3 Å². The number of methoxy groups -OCH3 is 1. The molecule has 5 atom stereocenters. The predicted octanol–water partition coefficient (Wildman–Crippen LogP) is 2.92. The molecule has 1 aromatic carbocycles. The first-order valence-electron chi connectivity index (χ1n) is 8.60. The highest BCUT2D eigenvalue weighted by Crippen LogP contribution is 2.44. The molecule has 5 nitrogen and oxygen atoms in total. The van der Waals surface area contributed by atoms with Gasteiger partial charge in [-0.15, -0.1) is 0 Å². The lowest BCUT2D eigenvalue weighted by Crippen LogP contribution is -2.32. The van der Waals surface area contributed by atoms with E-state index in [0.29, 0.717) is 6.61 Å². The summed E-state index contributed by atoms with van der Waals surface area (Å²) in [6, 6.07) is 7.77. The van der Waals surface area contributed by atoms with Crippen molar-refractivity contribution in [3.05, 3.63) is 42.0 Å². The molecule has 1 aromatic rings. The average Bonchev–Trinajstić information content (AvgIpc) is 3.12. The first-order valence-corrected chi connectivity index (χ1v) is 8.60. The van der Waals surface area contributed by atoms with Gasteiger partial charge in [-0.2, -0.15) is 0 Å². The fraction of sp³-hybridized carbons (Fsp3) is 0.500. The predicted molar refractivity (Wildman–Crippen MR) is 92.0 cm³/mol. The Morgan fingerprint density at radius 3 is 2.64 bits per heavy atom. The van der Waals surface area contributed by atoms with E-state index in [0.717, 1.165) is 29.6 Å². The van der Waals surface area contributed by atoms with Gasteiger partial charge >= 0.3 is 5.97 Å². The summed E-state index contributed by atoms with van der Waals surface area (Å²) in [4.78, 5) is 22.9. The van der Waals surface area contributed by atoms with E-state index in [2.05, 4.69) is 13.5 Å². The van der Waals surface area contributed by atoms with Crippen molar-refractivity contribution in [2.24, 2.45) is 17.8 Å². The number of carbonyl (C=O) groups excluding carboxylic acids is 2. The lowest BCUT2D eigenvalue weighted by molar-refractivity contribution is -0.143. The van der Waals surface area contributed by atoms with Crippen molar-refractivity contribution in [2.75, 3.05) is 7.11 Å². The molecule has 1 aliphatic heterocycles. The number of esters is 1. The molecule has 0 aromatic heterocycles. The Morgan fingerprint density at radius 2 is 2.00 bits per heavy atom. The molecule has 0 bridgehead atoms.